The highest BCUT2D eigenvalue weighted by Gasteiger charge is 2.15. The van der Waals surface area contributed by atoms with Crippen molar-refractivity contribution < 1.29 is 0 Å². The van der Waals surface area contributed by atoms with Crippen molar-refractivity contribution in [3.05, 3.63) is 18.0 Å². The highest BCUT2D eigenvalue weighted by molar-refractivity contribution is 5.30. The van der Waals surface area contributed by atoms with Crippen LogP contribution in [0, 0.1) is 0 Å². The molecule has 1 aromatic heterocycles. The normalized spacial score (nSPS) is 13.6. The van der Waals surface area contributed by atoms with E-state index in [2.05, 4.69) is 30.7 Å². The van der Waals surface area contributed by atoms with Crippen molar-refractivity contribution in [1.29, 1.82) is 0 Å². The van der Waals surface area contributed by atoms with Crippen LogP contribution in [-0.2, 0) is 5.41 Å². The van der Waals surface area contributed by atoms with E-state index in [1.54, 1.807) is 0 Å². The molecule has 0 fully saturated rings. The minimum atomic E-state index is 0.0955. The lowest BCUT2D eigenvalue weighted by Gasteiger charge is -2.21. The van der Waals surface area contributed by atoms with Crippen molar-refractivity contribution in [3.8, 4) is 0 Å². The summed E-state index contributed by atoms with van der Waals surface area (Å²) in [4.78, 5) is 10.7. The van der Waals surface area contributed by atoms with E-state index < -0.39 is 0 Å². The Bertz CT molecular complexity index is 324. The number of aromatic nitrogens is 2. The summed E-state index contributed by atoms with van der Waals surface area (Å²) in [6, 6.07) is 0.121. The number of rotatable bonds is 3. The van der Waals surface area contributed by atoms with Gasteiger partial charge in [-0.15, -0.1) is 0 Å². The molecule has 0 bridgehead atoms. The average molecular weight is 222 g/mol. The van der Waals surface area contributed by atoms with Gasteiger partial charge in [0, 0.05) is 32.0 Å². The quantitative estimate of drug-likeness (QED) is 0.843. The molecule has 2 N–H and O–H groups in total. The molecule has 1 rings (SSSR count). The third-order valence-corrected chi connectivity index (χ3v) is 2.41. The van der Waals surface area contributed by atoms with E-state index in [1.165, 1.54) is 0 Å². The van der Waals surface area contributed by atoms with Crippen molar-refractivity contribution in [2.75, 3.05) is 18.5 Å². The third-order valence-electron chi connectivity index (χ3n) is 2.41. The van der Waals surface area contributed by atoms with E-state index in [1.807, 2.05) is 31.3 Å². The maximum Gasteiger partial charge on any atom is 0.225 e. The Balaban J connectivity index is 2.79. The molecule has 0 saturated carbocycles. The first-order chi connectivity index (χ1) is 7.30. The summed E-state index contributed by atoms with van der Waals surface area (Å²) in [6.07, 6.45) is 3.78. The summed E-state index contributed by atoms with van der Waals surface area (Å²) < 4.78 is 0. The minimum absolute atomic E-state index is 0.0955. The number of nitrogens with two attached hydrogens (primary N) is 1. The zero-order chi connectivity index (χ0) is 12.3. The Morgan fingerprint density at radius 1 is 1.31 bits per heavy atom. The van der Waals surface area contributed by atoms with Gasteiger partial charge in [0.15, 0.2) is 0 Å². The highest BCUT2D eigenvalue weighted by atomic mass is 15.2. The Labute approximate surface area is 97.9 Å². The molecule has 0 radical (unpaired) electrons. The fourth-order valence-electron chi connectivity index (χ4n) is 1.42. The van der Waals surface area contributed by atoms with E-state index >= 15 is 0 Å². The fraction of sp³-hybridized carbons (Fsp3) is 0.667. The largest absolute Gasteiger partial charge is 0.342 e. The lowest BCUT2D eigenvalue weighted by atomic mass is 9.89. The Morgan fingerprint density at radius 3 is 2.19 bits per heavy atom. The molecule has 90 valence electrons. The second-order valence-corrected chi connectivity index (χ2v) is 5.38. The van der Waals surface area contributed by atoms with E-state index in [4.69, 9.17) is 5.73 Å². The van der Waals surface area contributed by atoms with Crippen molar-refractivity contribution in [2.24, 2.45) is 5.73 Å². The first-order valence-corrected chi connectivity index (χ1v) is 5.60. The molecular formula is C12H22N4. The van der Waals surface area contributed by atoms with Gasteiger partial charge in [-0.2, -0.15) is 0 Å². The fourth-order valence-corrected chi connectivity index (χ4v) is 1.42. The molecule has 0 spiro atoms. The molecule has 0 amide bonds. The van der Waals surface area contributed by atoms with Crippen LogP contribution in [0.15, 0.2) is 12.4 Å². The van der Waals surface area contributed by atoms with Crippen LogP contribution in [0.2, 0.25) is 0 Å². The number of nitrogens with zero attached hydrogens (tertiary/aromatic N) is 3. The second kappa shape index (κ2) is 4.78. The average Bonchev–Trinajstić information content (AvgIpc) is 2.15. The molecule has 1 atom stereocenters. The number of hydrogen-bond donors (Lipinski definition) is 1. The van der Waals surface area contributed by atoms with Crippen LogP contribution in [0.4, 0.5) is 5.95 Å². The highest BCUT2D eigenvalue weighted by Crippen LogP contribution is 2.21. The molecule has 0 aliphatic rings. The molecule has 0 aliphatic carbocycles. The van der Waals surface area contributed by atoms with E-state index in [0.717, 1.165) is 18.1 Å². The monoisotopic (exact) mass is 222 g/mol. The number of hydrogen-bond acceptors (Lipinski definition) is 4. The van der Waals surface area contributed by atoms with E-state index in [0.29, 0.717) is 0 Å². The summed E-state index contributed by atoms with van der Waals surface area (Å²) in [6.45, 7) is 9.18. The Morgan fingerprint density at radius 2 is 1.81 bits per heavy atom. The summed E-state index contributed by atoms with van der Waals surface area (Å²) >= 11 is 0. The van der Waals surface area contributed by atoms with Gasteiger partial charge >= 0.3 is 0 Å². The Kier molecular flexibility index (Phi) is 3.86. The molecule has 4 nitrogen and oxygen atoms in total. The predicted molar refractivity (Wildman–Crippen MR) is 67.7 cm³/mol. The summed E-state index contributed by atoms with van der Waals surface area (Å²) in [7, 11) is 1.95. The lowest BCUT2D eigenvalue weighted by Crippen LogP contribution is -2.33. The van der Waals surface area contributed by atoms with Crippen LogP contribution in [0.5, 0.6) is 0 Å². The lowest BCUT2D eigenvalue weighted by molar-refractivity contribution is 0.583. The second-order valence-electron chi connectivity index (χ2n) is 5.38. The molecule has 1 unspecified atom stereocenters. The minimum Gasteiger partial charge on any atom is -0.342 e. The zero-order valence-corrected chi connectivity index (χ0v) is 10.9. The predicted octanol–water partition coefficient (Wildman–Crippen LogP) is 1.56. The van der Waals surface area contributed by atoms with Crippen LogP contribution in [-0.4, -0.2) is 29.6 Å². The van der Waals surface area contributed by atoms with E-state index in [9.17, 15) is 0 Å². The van der Waals surface area contributed by atoms with Gasteiger partial charge in [-0.05, 0) is 17.9 Å². The van der Waals surface area contributed by atoms with Gasteiger partial charge in [-0.25, -0.2) is 9.97 Å². The van der Waals surface area contributed by atoms with Crippen molar-refractivity contribution >= 4 is 5.95 Å². The maximum absolute atomic E-state index is 5.73. The van der Waals surface area contributed by atoms with Crippen LogP contribution >= 0.6 is 0 Å². The third kappa shape index (κ3) is 3.45. The van der Waals surface area contributed by atoms with Gasteiger partial charge in [0.25, 0.3) is 0 Å². The van der Waals surface area contributed by atoms with Gasteiger partial charge in [0.05, 0.1) is 0 Å². The molecule has 0 aromatic carbocycles. The van der Waals surface area contributed by atoms with Gasteiger partial charge in [0.1, 0.15) is 0 Å². The van der Waals surface area contributed by atoms with Gasteiger partial charge in [-0.1, -0.05) is 20.8 Å². The van der Waals surface area contributed by atoms with Gasteiger partial charge in [-0.3, -0.25) is 0 Å². The molecule has 4 heteroatoms. The van der Waals surface area contributed by atoms with Crippen LogP contribution in [0.25, 0.3) is 0 Å². The first-order valence-electron chi connectivity index (χ1n) is 5.60. The summed E-state index contributed by atoms with van der Waals surface area (Å²) in [5, 5.41) is 0. The van der Waals surface area contributed by atoms with E-state index in [-0.39, 0.29) is 11.5 Å². The van der Waals surface area contributed by atoms with Crippen molar-refractivity contribution in [2.45, 2.75) is 39.2 Å². The standard InChI is InChI=1S/C12H22N4/c1-9(13)8-16(5)11-14-6-10(7-15-11)12(2,3)4/h6-7,9H,8,13H2,1-5H3. The van der Waals surface area contributed by atoms with Gasteiger partial charge < -0.3 is 10.6 Å². The SMILES string of the molecule is CC(N)CN(C)c1ncc(C(C)(C)C)cn1. The topological polar surface area (TPSA) is 55.0 Å². The van der Waals surface area contributed by atoms with Gasteiger partial charge in [0.2, 0.25) is 5.95 Å². The van der Waals surface area contributed by atoms with Crippen molar-refractivity contribution in [1.82, 2.24) is 9.97 Å². The molecule has 1 aromatic rings. The molecule has 16 heavy (non-hydrogen) atoms. The Hall–Kier alpha value is -1.16. The number of anilines is 1. The summed E-state index contributed by atoms with van der Waals surface area (Å²) in [5.74, 6) is 0.727. The zero-order valence-electron chi connectivity index (χ0n) is 10.9. The molecular weight excluding hydrogens is 200 g/mol. The van der Waals surface area contributed by atoms with Crippen LogP contribution in [0.1, 0.15) is 33.3 Å². The summed E-state index contributed by atoms with van der Waals surface area (Å²) in [5.41, 5.74) is 6.97. The maximum atomic E-state index is 5.73. The smallest absolute Gasteiger partial charge is 0.225 e. The number of likely N-dealkylation sites (N-methyl/N-ethyl adjacent to an activating group) is 1. The molecule has 0 saturated heterocycles. The van der Waals surface area contributed by atoms with Crippen molar-refractivity contribution in [3.63, 3.8) is 0 Å². The first kappa shape index (κ1) is 12.9. The molecule has 1 heterocycles. The van der Waals surface area contributed by atoms with Crippen LogP contribution < -0.4 is 10.6 Å². The molecule has 0 aliphatic heterocycles. The van der Waals surface area contributed by atoms with Crippen LogP contribution in [0.3, 0.4) is 0 Å².